The summed E-state index contributed by atoms with van der Waals surface area (Å²) in [6, 6.07) is 14.6. The van der Waals surface area contributed by atoms with Crippen LogP contribution >= 0.6 is 0 Å². The quantitative estimate of drug-likeness (QED) is 0.699. The molecule has 0 aliphatic carbocycles. The molecule has 0 nitrogen and oxygen atoms in total. The first-order chi connectivity index (χ1) is 5.92. The maximum absolute atomic E-state index is 3.78. The van der Waals surface area contributed by atoms with E-state index in [4.69, 9.17) is 0 Å². The van der Waals surface area contributed by atoms with Gasteiger partial charge in [-0.2, -0.15) is 0 Å². The van der Waals surface area contributed by atoms with Crippen LogP contribution in [0.1, 0.15) is 5.56 Å². The molecule has 61 valence electrons. The third kappa shape index (κ3) is 5.89. The Morgan fingerprint density at radius 2 is 1.40 bits per heavy atom. The van der Waals surface area contributed by atoms with Crippen LogP contribution < -0.4 is 0 Å². The van der Waals surface area contributed by atoms with Gasteiger partial charge >= 0.3 is 0 Å². The van der Waals surface area contributed by atoms with E-state index in [1.54, 1.807) is 0 Å². The minimum Gasteiger partial charge on any atom is -0.0984 e. The van der Waals surface area contributed by atoms with E-state index < -0.39 is 0 Å². The molecule has 0 unspecified atom stereocenters. The van der Waals surface area contributed by atoms with Gasteiger partial charge in [-0.05, 0) is 16.3 Å². The van der Waals surface area contributed by atoms with Gasteiger partial charge in [0.15, 0.2) is 0 Å². The van der Waals surface area contributed by atoms with E-state index in [2.05, 4.69) is 49.0 Å². The van der Waals surface area contributed by atoms with Gasteiger partial charge in [-0.3, -0.25) is 0 Å². The van der Waals surface area contributed by atoms with Crippen LogP contribution in [0.4, 0.5) is 0 Å². The summed E-state index contributed by atoms with van der Waals surface area (Å²) in [6.07, 6.45) is 1.89. The maximum atomic E-state index is 3.78. The second-order valence-corrected chi connectivity index (χ2v) is 2.77. The fourth-order valence-corrected chi connectivity index (χ4v) is 1.43. The first-order valence-electron chi connectivity index (χ1n) is 4.02. The second kappa shape index (κ2) is 11.2. The molecule has 0 fully saturated rings. The predicted octanol–water partition coefficient (Wildman–Crippen LogP) is 2.34. The van der Waals surface area contributed by atoms with Crippen LogP contribution in [0, 0.1) is 0 Å². The number of rotatable bonds is 1. The Balaban J connectivity index is 0. The molecule has 0 aliphatic heterocycles. The van der Waals surface area contributed by atoms with Gasteiger partial charge < -0.3 is 0 Å². The average molecular weight is 272 g/mol. The molecule has 3 heteroatoms. The summed E-state index contributed by atoms with van der Waals surface area (Å²) >= 11 is 0. The summed E-state index contributed by atoms with van der Waals surface area (Å²) in [4.78, 5) is 0. The zero-order valence-electron chi connectivity index (χ0n) is 9.83. The van der Waals surface area contributed by atoms with Crippen molar-refractivity contribution in [3.63, 3.8) is 0 Å². The monoisotopic (exact) mass is 271 g/mol. The average Bonchev–Trinajstić information content (AvgIpc) is 2.17. The molecule has 3 radical (unpaired) electrons. The van der Waals surface area contributed by atoms with E-state index in [-0.39, 0.29) is 154 Å². The van der Waals surface area contributed by atoms with E-state index >= 15 is 0 Å². The summed E-state index contributed by atoms with van der Waals surface area (Å²) in [7, 11) is 0. The zero-order chi connectivity index (χ0) is 8.39. The molecule has 2 aromatic rings. The fraction of sp³-hybridized carbons (Fsp3) is 0. The standard InChI is InChI=1S/C12H10.3K/c1-2-10-7-5-8-11-6-3-4-9-12(10)11;;;/h2-9H,1H2;;;. The number of benzene rings is 2. The van der Waals surface area contributed by atoms with Gasteiger partial charge in [0.05, 0.1) is 0 Å². The fourth-order valence-electron chi connectivity index (χ4n) is 1.43. The van der Waals surface area contributed by atoms with Gasteiger partial charge in [0.2, 0.25) is 0 Å². The Hall–Kier alpha value is 3.35. The third-order valence-corrected chi connectivity index (χ3v) is 2.04. The molecule has 2 aromatic carbocycles. The van der Waals surface area contributed by atoms with Crippen molar-refractivity contribution in [2.24, 2.45) is 0 Å². The van der Waals surface area contributed by atoms with Crippen molar-refractivity contribution in [2.45, 2.75) is 0 Å². The Bertz CT molecular complexity index is 419. The minimum absolute atomic E-state index is 0. The van der Waals surface area contributed by atoms with Crippen LogP contribution in [0.5, 0.6) is 0 Å². The molecule has 0 aromatic heterocycles. The SMILES string of the molecule is C=Cc1cccc2ccccc12.[K].[K].[K]. The molecule has 0 atom stereocenters. The Morgan fingerprint density at radius 1 is 0.800 bits per heavy atom. The van der Waals surface area contributed by atoms with Crippen molar-refractivity contribution in [1.82, 2.24) is 0 Å². The van der Waals surface area contributed by atoms with Gasteiger partial charge in [-0.1, -0.05) is 55.1 Å². The Labute approximate surface area is 219 Å². The zero-order valence-corrected chi connectivity index (χ0v) is 19.2. The maximum Gasteiger partial charge on any atom is 0 e. The molecule has 0 heterocycles. The van der Waals surface area contributed by atoms with Crippen LogP contribution in [-0.4, -0.2) is 154 Å². The van der Waals surface area contributed by atoms with Crippen molar-refractivity contribution in [2.75, 3.05) is 0 Å². The first-order valence-corrected chi connectivity index (χ1v) is 4.02. The predicted molar refractivity (Wildman–Crippen MR) is 71.3 cm³/mol. The number of hydrogen-bond acceptors (Lipinski definition) is 0. The topological polar surface area (TPSA) is 0 Å². The Kier molecular flexibility index (Phi) is 15.4. The normalized spacial score (nSPS) is 8.00. The number of hydrogen-bond donors (Lipinski definition) is 0. The summed E-state index contributed by atoms with van der Waals surface area (Å²) in [5.41, 5.74) is 1.20. The molecule has 2 rings (SSSR count). The Morgan fingerprint density at radius 3 is 2.07 bits per heavy atom. The minimum atomic E-state index is 0. The first kappa shape index (κ1) is 20.7. The van der Waals surface area contributed by atoms with Gasteiger partial charge in [-0.15, -0.1) is 0 Å². The van der Waals surface area contributed by atoms with E-state index in [9.17, 15) is 0 Å². The number of fused-ring (bicyclic) bond motifs is 1. The summed E-state index contributed by atoms with van der Waals surface area (Å²) < 4.78 is 0. The molecule has 0 spiro atoms. The van der Waals surface area contributed by atoms with Gasteiger partial charge in [-0.25, -0.2) is 0 Å². The summed E-state index contributed by atoms with van der Waals surface area (Å²) in [5.74, 6) is 0. The van der Waals surface area contributed by atoms with Crippen LogP contribution in [0.3, 0.4) is 0 Å². The molecule has 15 heavy (non-hydrogen) atoms. The van der Waals surface area contributed by atoms with E-state index in [0.717, 1.165) is 0 Å². The van der Waals surface area contributed by atoms with Gasteiger partial charge in [0, 0.05) is 154 Å². The van der Waals surface area contributed by atoms with Crippen molar-refractivity contribution in [3.05, 3.63) is 54.6 Å². The third-order valence-electron chi connectivity index (χ3n) is 2.04. The second-order valence-electron chi connectivity index (χ2n) is 2.77. The smallest absolute Gasteiger partial charge is 0 e. The molecule has 0 bridgehead atoms. The van der Waals surface area contributed by atoms with Gasteiger partial charge in [0.25, 0.3) is 0 Å². The van der Waals surface area contributed by atoms with Crippen molar-refractivity contribution in [1.29, 1.82) is 0 Å². The molecule has 0 saturated carbocycles. The van der Waals surface area contributed by atoms with Crippen LogP contribution in [0.15, 0.2) is 49.0 Å². The molecular formula is C12H10K3. The molecule has 0 aliphatic rings. The largest absolute Gasteiger partial charge is 0.0984 e. The summed E-state index contributed by atoms with van der Waals surface area (Å²) in [5, 5.41) is 2.55. The molecule has 0 amide bonds. The van der Waals surface area contributed by atoms with Crippen molar-refractivity contribution < 1.29 is 0 Å². The van der Waals surface area contributed by atoms with Gasteiger partial charge in [0.1, 0.15) is 0 Å². The van der Waals surface area contributed by atoms with E-state index in [1.807, 2.05) is 6.08 Å². The molecule has 0 saturated heterocycles. The van der Waals surface area contributed by atoms with Crippen molar-refractivity contribution in [3.8, 4) is 0 Å². The van der Waals surface area contributed by atoms with E-state index in [0.29, 0.717) is 0 Å². The molecular weight excluding hydrogens is 261 g/mol. The van der Waals surface area contributed by atoms with E-state index in [1.165, 1.54) is 16.3 Å². The van der Waals surface area contributed by atoms with Crippen LogP contribution in [-0.2, 0) is 0 Å². The van der Waals surface area contributed by atoms with Crippen LogP contribution in [0.2, 0.25) is 0 Å². The van der Waals surface area contributed by atoms with Crippen LogP contribution in [0.25, 0.3) is 16.8 Å². The molecule has 0 N–H and O–H groups in total. The summed E-state index contributed by atoms with van der Waals surface area (Å²) in [6.45, 7) is 3.78. The van der Waals surface area contributed by atoms with Crippen molar-refractivity contribution >= 4 is 171 Å².